The lowest BCUT2D eigenvalue weighted by atomic mass is 10.1. The molecule has 0 amide bonds. The maximum absolute atomic E-state index is 10.7. The number of nitrogens with zero attached hydrogens (tertiary/aromatic N) is 2. The molecule has 2 aromatic rings. The Bertz CT molecular complexity index is 721. The van der Waals surface area contributed by atoms with Gasteiger partial charge in [0, 0.05) is 6.54 Å². The molecule has 1 aromatic heterocycles. The van der Waals surface area contributed by atoms with Crippen molar-refractivity contribution in [2.24, 2.45) is 0 Å². The molecule has 8 heteroatoms. The number of rotatable bonds is 5. The largest absolute Gasteiger partial charge is 0.486 e. The summed E-state index contributed by atoms with van der Waals surface area (Å²) in [4.78, 5) is 18.5. The van der Waals surface area contributed by atoms with E-state index in [9.17, 15) is 4.79 Å². The van der Waals surface area contributed by atoms with Crippen LogP contribution in [0.4, 0.5) is 5.82 Å². The van der Waals surface area contributed by atoms with Crippen LogP contribution in [0, 0.1) is 0 Å². The molecular formula is C15H14ClN3O4. The summed E-state index contributed by atoms with van der Waals surface area (Å²) in [5.74, 6) is 0.655. The van der Waals surface area contributed by atoms with E-state index in [2.05, 4.69) is 15.3 Å². The molecule has 23 heavy (non-hydrogen) atoms. The summed E-state index contributed by atoms with van der Waals surface area (Å²) in [7, 11) is 0. The van der Waals surface area contributed by atoms with Crippen LogP contribution in [-0.2, 0) is 6.42 Å². The first-order valence-electron chi connectivity index (χ1n) is 7.01. The van der Waals surface area contributed by atoms with Crippen molar-refractivity contribution in [1.29, 1.82) is 0 Å². The van der Waals surface area contributed by atoms with Crippen molar-refractivity contribution in [3.05, 3.63) is 40.8 Å². The number of anilines is 1. The van der Waals surface area contributed by atoms with Crippen molar-refractivity contribution in [3.8, 4) is 11.5 Å². The van der Waals surface area contributed by atoms with E-state index in [4.69, 9.17) is 26.2 Å². The van der Waals surface area contributed by atoms with Gasteiger partial charge in [-0.2, -0.15) is 0 Å². The fourth-order valence-corrected chi connectivity index (χ4v) is 2.46. The van der Waals surface area contributed by atoms with Gasteiger partial charge < -0.3 is 19.9 Å². The predicted molar refractivity (Wildman–Crippen MR) is 83.6 cm³/mol. The number of benzene rings is 1. The minimum absolute atomic E-state index is 0.0887. The molecule has 0 atom stereocenters. The highest BCUT2D eigenvalue weighted by atomic mass is 35.5. The van der Waals surface area contributed by atoms with E-state index in [0.29, 0.717) is 48.5 Å². The van der Waals surface area contributed by atoms with Crippen molar-refractivity contribution in [2.75, 3.05) is 25.1 Å². The maximum atomic E-state index is 10.7. The molecule has 0 spiro atoms. The molecule has 1 aliphatic rings. The summed E-state index contributed by atoms with van der Waals surface area (Å²) in [6, 6.07) is 3.75. The van der Waals surface area contributed by atoms with Gasteiger partial charge in [0.1, 0.15) is 19.0 Å². The molecule has 2 N–H and O–H groups in total. The Hall–Kier alpha value is -2.54. The Balaban J connectivity index is 1.60. The topological polar surface area (TPSA) is 93.6 Å². The highest BCUT2D eigenvalue weighted by molar-refractivity contribution is 6.32. The standard InChI is InChI=1S/C15H14ClN3O4/c16-10-5-9(6-12-14(10)23-4-3-22-12)1-2-17-13-8-18-11(7-19-13)15(20)21/h5-8H,1-4H2,(H,17,19)(H,20,21). The van der Waals surface area contributed by atoms with Gasteiger partial charge in [-0.15, -0.1) is 0 Å². The van der Waals surface area contributed by atoms with Gasteiger partial charge in [-0.25, -0.2) is 14.8 Å². The number of carboxylic acid groups (broad SMARTS) is 1. The lowest BCUT2D eigenvalue weighted by Crippen LogP contribution is -2.16. The normalized spacial score (nSPS) is 12.7. The van der Waals surface area contributed by atoms with E-state index in [0.717, 1.165) is 5.56 Å². The molecule has 3 rings (SSSR count). The van der Waals surface area contributed by atoms with Crippen LogP contribution in [0.3, 0.4) is 0 Å². The average Bonchev–Trinajstić information content (AvgIpc) is 2.55. The molecule has 1 aromatic carbocycles. The molecule has 120 valence electrons. The first-order chi connectivity index (χ1) is 11.1. The van der Waals surface area contributed by atoms with E-state index >= 15 is 0 Å². The Morgan fingerprint density at radius 2 is 2.09 bits per heavy atom. The van der Waals surface area contributed by atoms with Gasteiger partial charge in [-0.3, -0.25) is 0 Å². The van der Waals surface area contributed by atoms with Gasteiger partial charge in [-0.1, -0.05) is 11.6 Å². The number of carboxylic acids is 1. The number of halogens is 1. The van der Waals surface area contributed by atoms with Gasteiger partial charge in [0.15, 0.2) is 17.2 Å². The first-order valence-corrected chi connectivity index (χ1v) is 7.38. The molecule has 0 unspecified atom stereocenters. The van der Waals surface area contributed by atoms with Crippen molar-refractivity contribution in [1.82, 2.24) is 9.97 Å². The fourth-order valence-electron chi connectivity index (χ4n) is 2.17. The fraction of sp³-hybridized carbons (Fsp3) is 0.267. The van der Waals surface area contributed by atoms with Crippen LogP contribution in [0.25, 0.3) is 0 Å². The van der Waals surface area contributed by atoms with Crippen molar-refractivity contribution < 1.29 is 19.4 Å². The second kappa shape index (κ2) is 6.70. The van der Waals surface area contributed by atoms with Gasteiger partial charge >= 0.3 is 5.97 Å². The molecule has 0 saturated heterocycles. The van der Waals surface area contributed by atoms with Crippen LogP contribution in [-0.4, -0.2) is 40.8 Å². The number of nitrogens with one attached hydrogen (secondary N) is 1. The van der Waals surface area contributed by atoms with Crippen LogP contribution >= 0.6 is 11.6 Å². The van der Waals surface area contributed by atoms with Crippen molar-refractivity contribution in [2.45, 2.75) is 6.42 Å². The smallest absolute Gasteiger partial charge is 0.356 e. The Morgan fingerprint density at radius 3 is 2.83 bits per heavy atom. The summed E-state index contributed by atoms with van der Waals surface area (Å²) in [6.45, 7) is 1.60. The van der Waals surface area contributed by atoms with Gasteiger partial charge in [0.25, 0.3) is 0 Å². The number of aromatic carboxylic acids is 1. The predicted octanol–water partition coefficient (Wildman–Crippen LogP) is 2.25. The third-order valence-electron chi connectivity index (χ3n) is 3.25. The molecule has 2 heterocycles. The van der Waals surface area contributed by atoms with Crippen LogP contribution in [0.2, 0.25) is 5.02 Å². The summed E-state index contributed by atoms with van der Waals surface area (Å²) in [5, 5.41) is 12.4. The van der Waals surface area contributed by atoms with Crippen molar-refractivity contribution in [3.63, 3.8) is 0 Å². The zero-order valence-electron chi connectivity index (χ0n) is 12.1. The molecule has 0 bridgehead atoms. The number of hydrogen-bond acceptors (Lipinski definition) is 6. The van der Waals surface area contributed by atoms with Crippen LogP contribution < -0.4 is 14.8 Å². The maximum Gasteiger partial charge on any atom is 0.356 e. The highest BCUT2D eigenvalue weighted by Crippen LogP contribution is 2.38. The zero-order valence-corrected chi connectivity index (χ0v) is 12.8. The monoisotopic (exact) mass is 335 g/mol. The third kappa shape index (κ3) is 3.62. The third-order valence-corrected chi connectivity index (χ3v) is 3.53. The zero-order chi connectivity index (χ0) is 16.2. The highest BCUT2D eigenvalue weighted by Gasteiger charge is 2.16. The van der Waals surface area contributed by atoms with E-state index < -0.39 is 5.97 Å². The molecule has 0 aliphatic carbocycles. The average molecular weight is 336 g/mol. The lowest BCUT2D eigenvalue weighted by molar-refractivity contribution is 0.0690. The minimum Gasteiger partial charge on any atom is -0.486 e. The summed E-state index contributed by atoms with van der Waals surface area (Å²) in [5.41, 5.74) is 0.913. The van der Waals surface area contributed by atoms with Gasteiger partial charge in [0.05, 0.1) is 17.4 Å². The number of carbonyl (C=O) groups is 1. The Kier molecular flexibility index (Phi) is 4.47. The molecule has 0 fully saturated rings. The number of ether oxygens (including phenoxy) is 2. The van der Waals surface area contributed by atoms with Crippen LogP contribution in [0.15, 0.2) is 24.5 Å². The first kappa shape index (κ1) is 15.4. The summed E-state index contributed by atoms with van der Waals surface area (Å²) in [6.07, 6.45) is 3.30. The summed E-state index contributed by atoms with van der Waals surface area (Å²) >= 11 is 6.19. The molecular weight excluding hydrogens is 322 g/mol. The molecule has 1 aliphatic heterocycles. The van der Waals surface area contributed by atoms with Gasteiger partial charge in [-0.05, 0) is 24.1 Å². The Labute approximate surface area is 137 Å². The van der Waals surface area contributed by atoms with E-state index in [1.165, 1.54) is 12.4 Å². The Morgan fingerprint density at radius 1 is 1.26 bits per heavy atom. The lowest BCUT2D eigenvalue weighted by Gasteiger charge is -2.20. The van der Waals surface area contributed by atoms with E-state index in [1.54, 1.807) is 0 Å². The quantitative estimate of drug-likeness (QED) is 0.865. The van der Waals surface area contributed by atoms with Crippen LogP contribution in [0.1, 0.15) is 16.1 Å². The number of aromatic nitrogens is 2. The van der Waals surface area contributed by atoms with Crippen LogP contribution in [0.5, 0.6) is 11.5 Å². The molecule has 0 saturated carbocycles. The number of hydrogen-bond donors (Lipinski definition) is 2. The summed E-state index contributed by atoms with van der Waals surface area (Å²) < 4.78 is 11.0. The van der Waals surface area contributed by atoms with Crippen molar-refractivity contribution >= 4 is 23.4 Å². The van der Waals surface area contributed by atoms with E-state index in [-0.39, 0.29) is 5.69 Å². The minimum atomic E-state index is -1.10. The second-order valence-corrected chi connectivity index (χ2v) is 5.28. The SMILES string of the molecule is O=C(O)c1cnc(NCCc2cc(Cl)c3c(c2)OCCO3)cn1. The molecule has 7 nitrogen and oxygen atoms in total. The van der Waals surface area contributed by atoms with E-state index in [1.807, 2.05) is 12.1 Å². The second-order valence-electron chi connectivity index (χ2n) is 4.87. The molecule has 0 radical (unpaired) electrons. The number of fused-ring (bicyclic) bond motifs is 1. The van der Waals surface area contributed by atoms with Gasteiger partial charge in [0.2, 0.25) is 0 Å².